The van der Waals surface area contributed by atoms with Crippen molar-refractivity contribution < 1.29 is 22.7 Å². The fraction of sp³-hybridized carbons (Fsp3) is 0.400. The molecule has 0 aromatic heterocycles. The molecule has 0 rings (SSSR count). The molecule has 0 spiro atoms. The van der Waals surface area contributed by atoms with E-state index in [0.717, 1.165) is 0 Å². The molecule has 0 N–H and O–H groups in total. The quantitative estimate of drug-likeness (QED) is 0.308. The Morgan fingerprint density at radius 3 is 2.36 bits per heavy atom. The van der Waals surface area contributed by atoms with E-state index < -0.39 is 22.0 Å². The number of carbonyl (C=O) groups excluding carboxylic acids is 2. The lowest BCUT2D eigenvalue weighted by atomic mass is 10.5. The van der Waals surface area contributed by atoms with Crippen LogP contribution in [-0.2, 0) is 24.6 Å². The maximum absolute atomic E-state index is 10.4. The fourth-order valence-corrected chi connectivity index (χ4v) is 0.609. The minimum absolute atomic E-state index is 0.0455. The first-order valence-corrected chi connectivity index (χ1v) is 3.85. The number of Topliss-reactive ketones (excluding diaryl/α,β-unsaturated/α-hetero) is 1. The van der Waals surface area contributed by atoms with Gasteiger partial charge in [-0.3, -0.25) is 4.79 Å². The summed E-state index contributed by atoms with van der Waals surface area (Å²) in [6.07, 6.45) is 0. The van der Waals surface area contributed by atoms with E-state index in [1.54, 1.807) is 0 Å². The number of hydrogen-bond donors (Lipinski definition) is 0. The Labute approximate surface area is 64.5 Å². The van der Waals surface area contributed by atoms with Crippen LogP contribution in [0.4, 0.5) is 0 Å². The van der Waals surface area contributed by atoms with Gasteiger partial charge in [-0.1, -0.05) is 0 Å². The van der Waals surface area contributed by atoms with E-state index in [1.807, 2.05) is 0 Å². The summed E-state index contributed by atoms with van der Waals surface area (Å²) in [7, 11) is -2.65. The zero-order valence-electron chi connectivity index (χ0n) is 5.73. The molecule has 0 saturated carbocycles. The highest BCUT2D eigenvalue weighted by molar-refractivity contribution is 7.73. The molecule has 0 fully saturated rings. The van der Waals surface area contributed by atoms with Gasteiger partial charge in [0.1, 0.15) is 5.37 Å². The van der Waals surface area contributed by atoms with Crippen molar-refractivity contribution in [3.05, 3.63) is 0 Å². The van der Waals surface area contributed by atoms with Gasteiger partial charge < -0.3 is 4.74 Å². The highest BCUT2D eigenvalue weighted by Gasteiger charge is 2.11. The van der Waals surface area contributed by atoms with Crippen LogP contribution < -0.4 is 0 Å². The topological polar surface area (TPSA) is 77.5 Å². The van der Waals surface area contributed by atoms with Crippen molar-refractivity contribution in [2.24, 2.45) is 0 Å². The molecule has 0 atom stereocenters. The zero-order valence-corrected chi connectivity index (χ0v) is 6.55. The Morgan fingerprint density at radius 2 is 2.00 bits per heavy atom. The van der Waals surface area contributed by atoms with Crippen molar-refractivity contribution in [2.75, 3.05) is 6.61 Å². The molecule has 0 saturated heterocycles. The van der Waals surface area contributed by atoms with E-state index in [-0.39, 0.29) is 12.0 Å². The molecule has 0 aliphatic rings. The van der Waals surface area contributed by atoms with Crippen LogP contribution in [0, 0.1) is 0 Å². The van der Waals surface area contributed by atoms with Gasteiger partial charge in [0.25, 0.3) is 5.78 Å². The summed E-state index contributed by atoms with van der Waals surface area (Å²) < 4.78 is 23.9. The smallest absolute Gasteiger partial charge is 0.380 e. The molecule has 0 aliphatic heterocycles. The van der Waals surface area contributed by atoms with Gasteiger partial charge in [0.2, 0.25) is 10.3 Å². The molecule has 11 heavy (non-hydrogen) atoms. The second-order valence-corrected chi connectivity index (χ2v) is 2.22. The van der Waals surface area contributed by atoms with Crippen molar-refractivity contribution >= 4 is 27.4 Å². The minimum atomic E-state index is -2.65. The molecule has 0 aromatic carbocycles. The molecule has 0 amide bonds. The van der Waals surface area contributed by atoms with Crippen molar-refractivity contribution in [1.29, 1.82) is 0 Å². The highest BCUT2D eigenvalue weighted by Crippen LogP contribution is 1.76. The van der Waals surface area contributed by atoms with Gasteiger partial charge in [-0.05, 0) is 6.92 Å². The number of ketones is 1. The third-order valence-corrected chi connectivity index (χ3v) is 1.09. The summed E-state index contributed by atoms with van der Waals surface area (Å²) in [5.74, 6) is -2.32. The second kappa shape index (κ2) is 4.62. The van der Waals surface area contributed by atoms with Crippen LogP contribution in [0.15, 0.2) is 0 Å². The molecule has 5 nitrogen and oxygen atoms in total. The Kier molecular flexibility index (Phi) is 4.12. The lowest BCUT2D eigenvalue weighted by Crippen LogP contribution is -2.18. The van der Waals surface area contributed by atoms with Gasteiger partial charge in [0.05, 0.1) is 6.61 Å². The van der Waals surface area contributed by atoms with E-state index in [0.29, 0.717) is 0 Å². The molecule has 0 heterocycles. The van der Waals surface area contributed by atoms with Crippen molar-refractivity contribution in [3.63, 3.8) is 0 Å². The number of hydrogen-bond acceptors (Lipinski definition) is 5. The van der Waals surface area contributed by atoms with E-state index in [9.17, 15) is 18.0 Å². The maximum Gasteiger partial charge on any atom is 0.380 e. The van der Waals surface area contributed by atoms with Crippen LogP contribution in [0.3, 0.4) is 0 Å². The summed E-state index contributed by atoms with van der Waals surface area (Å²) in [6, 6.07) is 0. The average Bonchev–Trinajstić information content (AvgIpc) is 1.86. The van der Waals surface area contributed by atoms with Gasteiger partial charge in [0.15, 0.2) is 0 Å². The zero-order chi connectivity index (χ0) is 8.85. The van der Waals surface area contributed by atoms with Crippen LogP contribution in [0.2, 0.25) is 0 Å². The van der Waals surface area contributed by atoms with Crippen LogP contribution in [0.1, 0.15) is 6.92 Å². The van der Waals surface area contributed by atoms with Gasteiger partial charge in [0, 0.05) is 0 Å². The predicted octanol–water partition coefficient (Wildman–Crippen LogP) is -1.20. The van der Waals surface area contributed by atoms with Crippen molar-refractivity contribution in [2.45, 2.75) is 6.92 Å². The van der Waals surface area contributed by atoms with Crippen LogP contribution in [-0.4, -0.2) is 32.1 Å². The number of esters is 1. The van der Waals surface area contributed by atoms with Gasteiger partial charge in [-0.25, -0.2) is 4.79 Å². The summed E-state index contributed by atoms with van der Waals surface area (Å²) in [4.78, 5) is 20.8. The molecule has 0 aromatic rings. The Hall–Kier alpha value is -1.17. The molecule has 62 valence electrons. The lowest BCUT2D eigenvalue weighted by molar-refractivity contribution is -0.150. The maximum atomic E-state index is 10.4. The minimum Gasteiger partial charge on any atom is -0.460 e. The van der Waals surface area contributed by atoms with E-state index in [4.69, 9.17) is 0 Å². The Bertz CT molecular complexity index is 278. The highest BCUT2D eigenvalue weighted by atomic mass is 32.2. The number of ether oxygens (including phenoxy) is 1. The first kappa shape index (κ1) is 9.83. The van der Waals surface area contributed by atoms with E-state index in [1.165, 1.54) is 6.92 Å². The van der Waals surface area contributed by atoms with E-state index >= 15 is 0 Å². The van der Waals surface area contributed by atoms with Gasteiger partial charge in [-0.15, -0.1) is 0 Å². The SMILES string of the molecule is CCOC(=O)C(=O)C=S(=O)=O. The first-order chi connectivity index (χ1) is 5.07. The molecule has 0 bridgehead atoms. The largest absolute Gasteiger partial charge is 0.460 e. The molecular formula is C5H6O5S. The summed E-state index contributed by atoms with van der Waals surface area (Å²) in [5, 5.41) is 0.262. The fourth-order valence-electron chi connectivity index (χ4n) is 0.338. The monoisotopic (exact) mass is 178 g/mol. The Morgan fingerprint density at radius 1 is 1.45 bits per heavy atom. The normalized spacial score (nSPS) is 8.45. The van der Waals surface area contributed by atoms with Crippen molar-refractivity contribution in [1.82, 2.24) is 0 Å². The summed E-state index contributed by atoms with van der Waals surface area (Å²) in [5.41, 5.74) is 0. The van der Waals surface area contributed by atoms with Crippen molar-refractivity contribution in [3.8, 4) is 0 Å². The van der Waals surface area contributed by atoms with E-state index in [2.05, 4.69) is 4.74 Å². The van der Waals surface area contributed by atoms with Gasteiger partial charge in [-0.2, -0.15) is 8.42 Å². The molecule has 0 radical (unpaired) electrons. The average molecular weight is 178 g/mol. The summed E-state index contributed by atoms with van der Waals surface area (Å²) >= 11 is 0. The molecule has 0 aliphatic carbocycles. The number of carbonyl (C=O) groups is 2. The third kappa shape index (κ3) is 4.26. The summed E-state index contributed by atoms with van der Waals surface area (Å²) in [6.45, 7) is 1.56. The lowest BCUT2D eigenvalue weighted by Gasteiger charge is -1.93. The number of rotatable bonds is 3. The second-order valence-electron chi connectivity index (χ2n) is 1.46. The Balaban J connectivity index is 4.28. The molecular weight excluding hydrogens is 172 g/mol. The third-order valence-electron chi connectivity index (χ3n) is 0.680. The molecule has 6 heteroatoms. The first-order valence-electron chi connectivity index (χ1n) is 2.72. The van der Waals surface area contributed by atoms with Crippen LogP contribution >= 0.6 is 0 Å². The standard InChI is InChI=1S/C5H6O5S/c1-2-10-5(7)4(6)3-11(8)9/h3H,2H2,1H3. The predicted molar refractivity (Wildman–Crippen MR) is 36.6 cm³/mol. The van der Waals surface area contributed by atoms with Crippen LogP contribution in [0.25, 0.3) is 0 Å². The van der Waals surface area contributed by atoms with Gasteiger partial charge >= 0.3 is 5.97 Å². The van der Waals surface area contributed by atoms with Crippen LogP contribution in [0.5, 0.6) is 0 Å². The molecule has 0 unspecified atom stereocenters.